The van der Waals surface area contributed by atoms with Gasteiger partial charge in [-0.25, -0.2) is 0 Å². The number of hydrogen-bond acceptors (Lipinski definition) is 1. The van der Waals surface area contributed by atoms with Crippen molar-refractivity contribution in [2.45, 2.75) is 0 Å². The van der Waals surface area contributed by atoms with E-state index in [1.165, 1.54) is 0 Å². The van der Waals surface area contributed by atoms with Gasteiger partial charge in [0.25, 0.3) is 0 Å². The normalized spacial score (nSPS) is 16.6. The van der Waals surface area contributed by atoms with E-state index in [0.29, 0.717) is 5.56 Å². The Labute approximate surface area is 270 Å². The molecule has 0 saturated heterocycles. The van der Waals surface area contributed by atoms with E-state index in [4.69, 9.17) is 16.8 Å². The predicted octanol–water partition coefficient (Wildman–Crippen LogP) is 12.0. The van der Waals surface area contributed by atoms with Crippen LogP contribution in [-0.2, 0) is 0 Å². The SMILES string of the molecule is [2H]c1c([2H])c([2H])c2c(oc3c([2H])c([2H])c(-c4c5c([2H])c([2H])c([2H])c([2H])c5c(-c5ccc(-c6cccc7ccccc67)cc5)c5c([2H])c([2H])c([2H])c([2H])c45)c([2H])c32)c1[2H]. The highest BCUT2D eigenvalue weighted by Crippen LogP contribution is 2.45. The molecule has 0 fully saturated rings. The lowest BCUT2D eigenvalue weighted by molar-refractivity contribution is 0.669. The summed E-state index contributed by atoms with van der Waals surface area (Å²) in [5.74, 6) is 0. The summed E-state index contributed by atoms with van der Waals surface area (Å²) in [6.07, 6.45) is 0. The minimum atomic E-state index is -0.693. The van der Waals surface area contributed by atoms with Crippen LogP contribution in [0.2, 0.25) is 0 Å². The van der Waals surface area contributed by atoms with Gasteiger partial charge in [0.05, 0.1) is 20.6 Å². The third kappa shape index (κ3) is 3.72. The van der Waals surface area contributed by atoms with Crippen LogP contribution in [-0.4, -0.2) is 0 Å². The summed E-state index contributed by atoms with van der Waals surface area (Å²) in [4.78, 5) is 0. The molecule has 0 aliphatic carbocycles. The number of rotatable bonds is 3. The van der Waals surface area contributed by atoms with E-state index in [9.17, 15) is 8.22 Å². The van der Waals surface area contributed by atoms with Crippen LogP contribution in [0.5, 0.6) is 0 Å². The van der Waals surface area contributed by atoms with Gasteiger partial charge in [-0.15, -0.1) is 0 Å². The maximum absolute atomic E-state index is 9.58. The van der Waals surface area contributed by atoms with Crippen molar-refractivity contribution >= 4 is 54.3 Å². The van der Waals surface area contributed by atoms with Crippen LogP contribution >= 0.6 is 0 Å². The molecule has 0 N–H and O–H groups in total. The van der Waals surface area contributed by atoms with Crippen LogP contribution in [0.15, 0.2) is 162 Å². The van der Waals surface area contributed by atoms with Gasteiger partial charge in [0.1, 0.15) is 11.2 Å². The van der Waals surface area contributed by atoms with Crippen LogP contribution in [0.1, 0.15) is 20.6 Å². The first-order valence-corrected chi connectivity index (χ1v) is 13.6. The van der Waals surface area contributed by atoms with Gasteiger partial charge in [0.15, 0.2) is 0 Å². The quantitative estimate of drug-likeness (QED) is 0.196. The molecular weight excluding hydrogens is 520 g/mol. The Hall–Kier alpha value is -5.66. The Bertz CT molecular complexity index is 3250. The van der Waals surface area contributed by atoms with Crippen molar-refractivity contribution in [1.82, 2.24) is 0 Å². The third-order valence-electron chi connectivity index (χ3n) is 7.78. The van der Waals surface area contributed by atoms with Gasteiger partial charge < -0.3 is 4.42 Å². The van der Waals surface area contributed by atoms with E-state index in [-0.39, 0.29) is 54.6 Å². The second-order valence-corrected chi connectivity index (χ2v) is 10.1. The summed E-state index contributed by atoms with van der Waals surface area (Å²) in [6, 6.07) is 11.4. The highest BCUT2D eigenvalue weighted by Gasteiger charge is 2.18. The van der Waals surface area contributed by atoms with Gasteiger partial charge in [-0.2, -0.15) is 0 Å². The molecule has 200 valence electrons. The minimum absolute atomic E-state index is 0.0605. The lowest BCUT2D eigenvalue weighted by atomic mass is 9.85. The van der Waals surface area contributed by atoms with Crippen LogP contribution in [0.25, 0.3) is 87.6 Å². The van der Waals surface area contributed by atoms with Crippen molar-refractivity contribution in [3.8, 4) is 33.4 Å². The van der Waals surface area contributed by atoms with Crippen LogP contribution < -0.4 is 0 Å². The van der Waals surface area contributed by atoms with Gasteiger partial charge in [-0.1, -0.05) is 139 Å². The zero-order valence-electron chi connectivity index (χ0n) is 37.3. The Kier molecular flexibility index (Phi) is 2.97. The molecule has 0 aliphatic rings. The molecule has 0 amide bonds. The molecule has 9 aromatic rings. The molecule has 1 heterocycles. The highest BCUT2D eigenvalue weighted by molar-refractivity contribution is 6.22. The summed E-state index contributed by atoms with van der Waals surface area (Å²) in [6.45, 7) is 0. The first kappa shape index (κ1) is 13.5. The molecule has 9 rings (SSSR count). The maximum Gasteiger partial charge on any atom is 0.135 e. The summed E-state index contributed by atoms with van der Waals surface area (Å²) in [5.41, 5.74) is 0.617. The second-order valence-electron chi connectivity index (χ2n) is 10.1. The van der Waals surface area contributed by atoms with Crippen molar-refractivity contribution in [3.63, 3.8) is 0 Å². The molecule has 0 bridgehead atoms. The maximum atomic E-state index is 9.58. The van der Waals surface area contributed by atoms with Gasteiger partial charge >= 0.3 is 0 Å². The van der Waals surface area contributed by atoms with Crippen molar-refractivity contribution in [2.24, 2.45) is 0 Å². The molecule has 0 radical (unpaired) electrons. The van der Waals surface area contributed by atoms with E-state index < -0.39 is 96.2 Å². The number of hydrogen-bond donors (Lipinski definition) is 0. The molecule has 8 aromatic carbocycles. The van der Waals surface area contributed by atoms with Crippen LogP contribution in [0.4, 0.5) is 0 Å². The average molecular weight is 562 g/mol. The monoisotopic (exact) mass is 561 g/mol. The van der Waals surface area contributed by atoms with Crippen molar-refractivity contribution in [2.75, 3.05) is 0 Å². The highest BCUT2D eigenvalue weighted by atomic mass is 16.3. The second kappa shape index (κ2) is 9.44. The molecule has 1 nitrogen and oxygen atoms in total. The van der Waals surface area contributed by atoms with E-state index in [1.54, 1.807) is 12.1 Å². The molecule has 1 aromatic heterocycles. The molecule has 0 spiro atoms. The largest absolute Gasteiger partial charge is 0.456 e. The summed E-state index contributed by atoms with van der Waals surface area (Å²) >= 11 is 0. The molecule has 0 atom stereocenters. The van der Waals surface area contributed by atoms with E-state index in [0.717, 1.165) is 21.9 Å². The topological polar surface area (TPSA) is 13.1 Å². The molecule has 0 aliphatic heterocycles. The molecule has 1 heteroatoms. The van der Waals surface area contributed by atoms with Crippen molar-refractivity contribution < 1.29 is 25.0 Å². The van der Waals surface area contributed by atoms with Gasteiger partial charge in [-0.05, 0) is 83.8 Å². The first-order chi connectivity index (χ1) is 27.6. The van der Waals surface area contributed by atoms with Crippen molar-refractivity contribution in [1.29, 1.82) is 0 Å². The van der Waals surface area contributed by atoms with Gasteiger partial charge in [0.2, 0.25) is 0 Å². The predicted molar refractivity (Wildman–Crippen MR) is 183 cm³/mol. The minimum Gasteiger partial charge on any atom is -0.456 e. The smallest absolute Gasteiger partial charge is 0.135 e. The van der Waals surface area contributed by atoms with E-state index >= 15 is 0 Å². The Morgan fingerprint density at radius 3 is 1.67 bits per heavy atom. The first-order valence-electron chi connectivity index (χ1n) is 21.1. The van der Waals surface area contributed by atoms with Crippen LogP contribution in [0.3, 0.4) is 0 Å². The standard InChI is InChI=1S/C42H26O/c1-2-12-31-27(10-1)11-9-18-32(31)28-20-22-29(23-21-28)41-34-14-3-5-16-36(34)42(37-17-6-4-15-35(37)41)30-24-25-40-38(26-30)33-13-7-8-19-39(33)43-40/h1-26H/i3D,4D,5D,6D,7D,8D,13D,14D,15D,16D,17D,19D,24D,25D,26D. The molecule has 0 unspecified atom stereocenters. The van der Waals surface area contributed by atoms with Gasteiger partial charge in [-0.3, -0.25) is 0 Å². The lowest BCUT2D eigenvalue weighted by Gasteiger charge is -2.18. The van der Waals surface area contributed by atoms with E-state index in [1.807, 2.05) is 54.6 Å². The third-order valence-corrected chi connectivity index (χ3v) is 7.78. The Morgan fingerprint density at radius 2 is 0.953 bits per heavy atom. The molecule has 0 saturated carbocycles. The fourth-order valence-electron chi connectivity index (χ4n) is 5.89. The number of para-hydroxylation sites is 1. The van der Waals surface area contributed by atoms with Crippen molar-refractivity contribution in [3.05, 3.63) is 157 Å². The molecule has 43 heavy (non-hydrogen) atoms. The number of furan rings is 1. The Morgan fingerprint density at radius 1 is 0.395 bits per heavy atom. The van der Waals surface area contributed by atoms with Crippen LogP contribution in [0, 0.1) is 0 Å². The molecular formula is C42H26O. The number of benzene rings is 8. The number of fused-ring (bicyclic) bond motifs is 6. The lowest BCUT2D eigenvalue weighted by Crippen LogP contribution is -1.91. The fourth-order valence-corrected chi connectivity index (χ4v) is 5.89. The Balaban J connectivity index is 1.49. The zero-order valence-corrected chi connectivity index (χ0v) is 22.3. The average Bonchev–Trinajstić information content (AvgIpc) is 3.65. The summed E-state index contributed by atoms with van der Waals surface area (Å²) in [7, 11) is 0. The fraction of sp³-hybridized carbons (Fsp3) is 0. The summed E-state index contributed by atoms with van der Waals surface area (Å²) in [5, 5.41) is 0.644. The summed E-state index contributed by atoms with van der Waals surface area (Å²) < 4.78 is 139. The van der Waals surface area contributed by atoms with E-state index in [2.05, 4.69) is 0 Å². The zero-order chi connectivity index (χ0) is 41.4. The van der Waals surface area contributed by atoms with Gasteiger partial charge in [0, 0.05) is 10.8 Å².